The van der Waals surface area contributed by atoms with Crippen molar-refractivity contribution in [3.63, 3.8) is 0 Å². The van der Waals surface area contributed by atoms with Crippen LogP contribution in [0.2, 0.25) is 5.02 Å². The highest BCUT2D eigenvalue weighted by Gasteiger charge is 2.60. The van der Waals surface area contributed by atoms with E-state index in [4.69, 9.17) is 17.3 Å². The Bertz CT molecular complexity index is 959. The van der Waals surface area contributed by atoms with Gasteiger partial charge in [0.15, 0.2) is 0 Å². The molecular formula is C25H25ClN2O. The van der Waals surface area contributed by atoms with Crippen LogP contribution >= 0.6 is 11.6 Å². The molecule has 1 fully saturated rings. The molecule has 0 unspecified atom stereocenters. The maximum atomic E-state index is 12.4. The summed E-state index contributed by atoms with van der Waals surface area (Å²) in [5, 5.41) is 0.738. The number of rotatable bonds is 8. The van der Waals surface area contributed by atoms with Gasteiger partial charge in [0.05, 0.1) is 5.41 Å². The molecule has 4 rings (SSSR count). The molecule has 1 amide bonds. The lowest BCUT2D eigenvalue weighted by atomic mass is 9.92. The molecule has 0 radical (unpaired) electrons. The first-order chi connectivity index (χ1) is 14.1. The minimum atomic E-state index is -0.545. The fourth-order valence-corrected chi connectivity index (χ4v) is 4.40. The van der Waals surface area contributed by atoms with Gasteiger partial charge in [0.1, 0.15) is 0 Å². The van der Waals surface area contributed by atoms with Crippen molar-refractivity contribution in [3.05, 3.63) is 107 Å². The van der Waals surface area contributed by atoms with E-state index in [1.807, 2.05) is 48.5 Å². The van der Waals surface area contributed by atoms with Crippen molar-refractivity contribution in [2.45, 2.75) is 24.9 Å². The molecule has 0 spiro atoms. The van der Waals surface area contributed by atoms with Crippen LogP contribution < -0.4 is 5.73 Å². The van der Waals surface area contributed by atoms with Gasteiger partial charge in [-0.1, -0.05) is 84.4 Å². The van der Waals surface area contributed by atoms with Crippen LogP contribution in [0, 0.1) is 5.92 Å². The minimum Gasteiger partial charge on any atom is -0.369 e. The van der Waals surface area contributed by atoms with Gasteiger partial charge in [-0.3, -0.25) is 9.69 Å². The second kappa shape index (κ2) is 8.40. The first-order valence-electron chi connectivity index (χ1n) is 9.94. The van der Waals surface area contributed by atoms with Gasteiger partial charge in [0.25, 0.3) is 0 Å². The Morgan fingerprint density at radius 1 is 0.897 bits per heavy atom. The summed E-state index contributed by atoms with van der Waals surface area (Å²) in [4.78, 5) is 14.8. The van der Waals surface area contributed by atoms with Crippen molar-refractivity contribution in [2.75, 3.05) is 6.54 Å². The molecule has 1 aliphatic carbocycles. The van der Waals surface area contributed by atoms with Gasteiger partial charge >= 0.3 is 0 Å². The number of carbonyl (C=O) groups excluding carboxylic acids is 1. The number of hydrogen-bond acceptors (Lipinski definition) is 2. The monoisotopic (exact) mass is 404 g/mol. The Labute approximate surface area is 177 Å². The van der Waals surface area contributed by atoms with Gasteiger partial charge in [0.2, 0.25) is 5.91 Å². The number of hydrogen-bond donors (Lipinski definition) is 1. The van der Waals surface area contributed by atoms with Crippen molar-refractivity contribution >= 4 is 17.5 Å². The molecule has 0 aliphatic heterocycles. The van der Waals surface area contributed by atoms with Crippen LogP contribution in [-0.2, 0) is 23.3 Å². The molecule has 3 aromatic rings. The van der Waals surface area contributed by atoms with Crippen molar-refractivity contribution in [1.82, 2.24) is 4.90 Å². The number of carbonyl (C=O) groups is 1. The summed E-state index contributed by atoms with van der Waals surface area (Å²) < 4.78 is 0. The lowest BCUT2D eigenvalue weighted by molar-refractivity contribution is -0.120. The highest BCUT2D eigenvalue weighted by atomic mass is 35.5. The molecule has 0 saturated heterocycles. The zero-order valence-corrected chi connectivity index (χ0v) is 17.1. The number of halogens is 1. The average Bonchev–Trinajstić information content (AvgIpc) is 3.46. The number of nitrogens with two attached hydrogens (primary N) is 1. The van der Waals surface area contributed by atoms with Gasteiger partial charge in [0, 0.05) is 24.7 Å². The van der Waals surface area contributed by atoms with E-state index in [9.17, 15) is 4.79 Å². The van der Waals surface area contributed by atoms with E-state index < -0.39 is 5.41 Å². The summed E-state index contributed by atoms with van der Waals surface area (Å²) in [7, 11) is 0. The number of amides is 1. The van der Waals surface area contributed by atoms with Crippen LogP contribution in [0.15, 0.2) is 84.9 Å². The highest BCUT2D eigenvalue weighted by Crippen LogP contribution is 2.54. The van der Waals surface area contributed by atoms with Crippen LogP contribution in [0.4, 0.5) is 0 Å². The standard InChI is InChI=1S/C25H25ClN2O/c26-23-13-11-20(12-14-23)17-28(16-19-7-3-1-4-8-19)18-22-15-25(22,24(27)29)21-9-5-2-6-10-21/h1-14,22H,15-18H2,(H2,27,29)/t22-,25-/m0/s1. The molecule has 1 aliphatic rings. The summed E-state index contributed by atoms with van der Waals surface area (Å²) in [6.45, 7) is 2.44. The molecule has 0 bridgehead atoms. The Morgan fingerprint density at radius 2 is 1.45 bits per heavy atom. The molecule has 148 valence electrons. The first-order valence-corrected chi connectivity index (χ1v) is 10.3. The second-order valence-electron chi connectivity index (χ2n) is 7.88. The molecule has 3 aromatic carbocycles. The van der Waals surface area contributed by atoms with Crippen LogP contribution in [-0.4, -0.2) is 17.4 Å². The minimum absolute atomic E-state index is 0.221. The Balaban J connectivity index is 1.55. The lowest BCUT2D eigenvalue weighted by Gasteiger charge is -2.24. The van der Waals surface area contributed by atoms with Crippen LogP contribution in [0.5, 0.6) is 0 Å². The summed E-state index contributed by atoms with van der Waals surface area (Å²) in [6.07, 6.45) is 0.804. The van der Waals surface area contributed by atoms with E-state index >= 15 is 0 Å². The van der Waals surface area contributed by atoms with Crippen molar-refractivity contribution in [1.29, 1.82) is 0 Å². The van der Waals surface area contributed by atoms with E-state index in [2.05, 4.69) is 41.3 Å². The van der Waals surface area contributed by atoms with Gasteiger partial charge in [-0.15, -0.1) is 0 Å². The summed E-state index contributed by atoms with van der Waals surface area (Å²) in [5.74, 6) is -0.00161. The van der Waals surface area contributed by atoms with Gasteiger partial charge in [-0.2, -0.15) is 0 Å². The fraction of sp³-hybridized carbons (Fsp3) is 0.240. The lowest BCUT2D eigenvalue weighted by Crippen LogP contribution is -2.34. The zero-order valence-electron chi connectivity index (χ0n) is 16.3. The molecular weight excluding hydrogens is 380 g/mol. The molecule has 2 atom stereocenters. The van der Waals surface area contributed by atoms with Gasteiger partial charge < -0.3 is 5.73 Å². The third-order valence-corrected chi connectivity index (χ3v) is 6.13. The molecule has 2 N–H and O–H groups in total. The number of nitrogens with zero attached hydrogens (tertiary/aromatic N) is 1. The number of primary amides is 1. The Hall–Kier alpha value is -2.62. The quantitative estimate of drug-likeness (QED) is 0.587. The fourth-order valence-electron chi connectivity index (χ4n) is 4.27. The van der Waals surface area contributed by atoms with E-state index in [0.717, 1.165) is 36.6 Å². The third kappa shape index (κ3) is 4.36. The van der Waals surface area contributed by atoms with Crippen molar-refractivity contribution in [2.24, 2.45) is 11.7 Å². The summed E-state index contributed by atoms with van der Waals surface area (Å²) in [5.41, 5.74) is 8.83. The summed E-state index contributed by atoms with van der Waals surface area (Å²) in [6, 6.07) is 28.4. The third-order valence-electron chi connectivity index (χ3n) is 5.88. The molecule has 3 nitrogen and oxygen atoms in total. The predicted molar refractivity (Wildman–Crippen MR) is 117 cm³/mol. The van der Waals surface area contributed by atoms with Crippen molar-refractivity contribution in [3.8, 4) is 0 Å². The average molecular weight is 405 g/mol. The maximum Gasteiger partial charge on any atom is 0.228 e. The van der Waals surface area contributed by atoms with E-state index in [1.54, 1.807) is 0 Å². The molecule has 1 saturated carbocycles. The van der Waals surface area contributed by atoms with E-state index in [-0.39, 0.29) is 11.8 Å². The zero-order chi connectivity index (χ0) is 20.3. The molecule has 4 heteroatoms. The SMILES string of the molecule is NC(=O)[C@]1(c2ccccc2)C[C@H]1CN(Cc1ccccc1)Cc1ccc(Cl)cc1. The smallest absolute Gasteiger partial charge is 0.228 e. The van der Waals surface area contributed by atoms with Crippen LogP contribution in [0.3, 0.4) is 0 Å². The predicted octanol–water partition coefficient (Wildman–Crippen LogP) is 4.79. The molecule has 0 heterocycles. The summed E-state index contributed by atoms with van der Waals surface area (Å²) >= 11 is 6.05. The van der Waals surface area contributed by atoms with Gasteiger partial charge in [-0.05, 0) is 41.2 Å². The van der Waals surface area contributed by atoms with E-state index in [0.29, 0.717) is 0 Å². The molecule has 0 aromatic heterocycles. The topological polar surface area (TPSA) is 46.3 Å². The molecule has 29 heavy (non-hydrogen) atoms. The van der Waals surface area contributed by atoms with Crippen LogP contribution in [0.25, 0.3) is 0 Å². The first kappa shape index (κ1) is 19.7. The normalized spacial score (nSPS) is 20.6. The van der Waals surface area contributed by atoms with Crippen LogP contribution in [0.1, 0.15) is 23.1 Å². The maximum absolute atomic E-state index is 12.4. The largest absolute Gasteiger partial charge is 0.369 e. The Morgan fingerprint density at radius 3 is 2.03 bits per heavy atom. The van der Waals surface area contributed by atoms with Crippen molar-refractivity contribution < 1.29 is 4.79 Å². The van der Waals surface area contributed by atoms with Gasteiger partial charge in [-0.25, -0.2) is 0 Å². The van der Waals surface area contributed by atoms with E-state index in [1.165, 1.54) is 11.1 Å². The number of benzene rings is 3. The second-order valence-corrected chi connectivity index (χ2v) is 8.32. The highest BCUT2D eigenvalue weighted by molar-refractivity contribution is 6.30. The Kier molecular flexibility index (Phi) is 5.70.